The normalized spacial score (nSPS) is 21.8. The maximum Gasteiger partial charge on any atom is 0.251 e. The Morgan fingerprint density at radius 1 is 1.48 bits per heavy atom. The number of nitrogens with two attached hydrogens (primary N) is 1. The van der Waals surface area contributed by atoms with Gasteiger partial charge in [-0.3, -0.25) is 4.79 Å². The topological polar surface area (TPSA) is 68.5 Å². The maximum atomic E-state index is 12.4. The lowest BCUT2D eigenvalue weighted by Gasteiger charge is -2.20. The highest BCUT2D eigenvalue weighted by molar-refractivity contribution is 7.18. The molecule has 2 unspecified atom stereocenters. The van der Waals surface area contributed by atoms with Gasteiger partial charge in [0.15, 0.2) is 0 Å². The fourth-order valence-corrected chi connectivity index (χ4v) is 3.60. The summed E-state index contributed by atoms with van der Waals surface area (Å²) in [4.78, 5) is 18.6. The number of likely N-dealkylation sites (N-methyl/N-ethyl adjacent to an activating group) is 1. The van der Waals surface area contributed by atoms with Gasteiger partial charge in [-0.15, -0.1) is 11.3 Å². The van der Waals surface area contributed by atoms with Crippen LogP contribution in [-0.2, 0) is 16.1 Å². The summed E-state index contributed by atoms with van der Waals surface area (Å²) in [6.07, 6.45) is 1.29. The number of carbonyl (C=O) groups is 1. The molecule has 21 heavy (non-hydrogen) atoms. The minimum absolute atomic E-state index is 0.0187. The molecule has 2 heterocycles. The summed E-state index contributed by atoms with van der Waals surface area (Å²) in [5.74, 6) is 0.0187. The van der Waals surface area contributed by atoms with Crippen LogP contribution in [0, 0.1) is 0 Å². The second-order valence-corrected chi connectivity index (χ2v) is 6.44. The first kappa shape index (κ1) is 14.4. The number of amides is 1. The lowest BCUT2D eigenvalue weighted by molar-refractivity contribution is -0.141. The quantitative estimate of drug-likeness (QED) is 0.934. The van der Waals surface area contributed by atoms with Crippen LogP contribution in [0.25, 0.3) is 10.2 Å². The van der Waals surface area contributed by atoms with Crippen LogP contribution in [0.15, 0.2) is 24.3 Å². The van der Waals surface area contributed by atoms with Gasteiger partial charge in [-0.1, -0.05) is 12.1 Å². The van der Waals surface area contributed by atoms with Crippen molar-refractivity contribution in [2.45, 2.75) is 31.6 Å². The Labute approximate surface area is 127 Å². The van der Waals surface area contributed by atoms with E-state index in [-0.39, 0.29) is 18.1 Å². The van der Waals surface area contributed by atoms with E-state index >= 15 is 0 Å². The van der Waals surface area contributed by atoms with Crippen molar-refractivity contribution in [1.29, 1.82) is 0 Å². The van der Waals surface area contributed by atoms with Crippen LogP contribution in [0.5, 0.6) is 0 Å². The smallest absolute Gasteiger partial charge is 0.251 e. The zero-order valence-corrected chi connectivity index (χ0v) is 12.8. The molecular weight excluding hydrogens is 286 g/mol. The second kappa shape index (κ2) is 6.09. The van der Waals surface area contributed by atoms with Crippen LogP contribution in [0.1, 0.15) is 17.8 Å². The van der Waals surface area contributed by atoms with Gasteiger partial charge in [-0.05, 0) is 25.0 Å². The van der Waals surface area contributed by atoms with Gasteiger partial charge in [0.1, 0.15) is 11.1 Å². The zero-order chi connectivity index (χ0) is 14.8. The molecule has 2 N–H and O–H groups in total. The molecule has 0 saturated carbocycles. The molecule has 112 valence electrons. The molecule has 1 fully saturated rings. The van der Waals surface area contributed by atoms with Crippen LogP contribution in [0.2, 0.25) is 0 Å². The fourth-order valence-electron chi connectivity index (χ4n) is 2.57. The Kier molecular flexibility index (Phi) is 4.19. The summed E-state index contributed by atoms with van der Waals surface area (Å²) in [7, 11) is 1.80. The number of thiazole rings is 1. The second-order valence-electron chi connectivity index (χ2n) is 5.33. The molecule has 2 aromatic rings. The summed E-state index contributed by atoms with van der Waals surface area (Å²) in [6, 6.07) is 8.01. The van der Waals surface area contributed by atoms with Crippen molar-refractivity contribution in [3.8, 4) is 0 Å². The van der Waals surface area contributed by atoms with Crippen molar-refractivity contribution in [2.75, 3.05) is 13.6 Å². The molecule has 0 radical (unpaired) electrons. The Morgan fingerprint density at radius 3 is 3.00 bits per heavy atom. The van der Waals surface area contributed by atoms with Crippen LogP contribution in [0.3, 0.4) is 0 Å². The van der Waals surface area contributed by atoms with E-state index in [1.54, 1.807) is 23.3 Å². The SMILES string of the molecule is CN(Cc1nc2ccccc2s1)C(=O)C1CCC(CN)O1. The summed E-state index contributed by atoms with van der Waals surface area (Å²) in [6.45, 7) is 0.997. The van der Waals surface area contributed by atoms with Gasteiger partial charge in [-0.25, -0.2) is 4.98 Å². The lowest BCUT2D eigenvalue weighted by atomic mass is 10.2. The van der Waals surface area contributed by atoms with E-state index in [9.17, 15) is 4.79 Å². The standard InChI is InChI=1S/C15H19N3O2S/c1-18(15(19)12-7-6-10(8-16)20-12)9-14-17-11-4-2-3-5-13(11)21-14/h2-5,10,12H,6-9,16H2,1H3. The fraction of sp³-hybridized carbons (Fsp3) is 0.467. The third-order valence-electron chi connectivity index (χ3n) is 3.73. The van der Waals surface area contributed by atoms with Crippen molar-refractivity contribution in [3.63, 3.8) is 0 Å². The minimum atomic E-state index is -0.349. The van der Waals surface area contributed by atoms with E-state index in [0.29, 0.717) is 13.1 Å². The minimum Gasteiger partial charge on any atom is -0.364 e. The van der Waals surface area contributed by atoms with Gasteiger partial charge < -0.3 is 15.4 Å². The third kappa shape index (κ3) is 3.07. The summed E-state index contributed by atoms with van der Waals surface area (Å²) < 4.78 is 6.80. The Bertz CT molecular complexity index is 610. The highest BCUT2D eigenvalue weighted by Crippen LogP contribution is 2.24. The largest absolute Gasteiger partial charge is 0.364 e. The number of fused-ring (bicyclic) bond motifs is 1. The highest BCUT2D eigenvalue weighted by atomic mass is 32.1. The van der Waals surface area contributed by atoms with E-state index in [2.05, 4.69) is 4.98 Å². The molecular formula is C15H19N3O2S. The van der Waals surface area contributed by atoms with Gasteiger partial charge in [0.2, 0.25) is 0 Å². The molecule has 0 spiro atoms. The first-order valence-corrected chi connectivity index (χ1v) is 7.94. The molecule has 5 nitrogen and oxygen atoms in total. The third-order valence-corrected chi connectivity index (χ3v) is 4.75. The van der Waals surface area contributed by atoms with Crippen molar-refractivity contribution >= 4 is 27.5 Å². The predicted molar refractivity (Wildman–Crippen MR) is 83.0 cm³/mol. The van der Waals surface area contributed by atoms with Crippen molar-refractivity contribution < 1.29 is 9.53 Å². The number of carbonyl (C=O) groups excluding carboxylic acids is 1. The number of hydrogen-bond acceptors (Lipinski definition) is 5. The Hall–Kier alpha value is -1.50. The van der Waals surface area contributed by atoms with Crippen LogP contribution >= 0.6 is 11.3 Å². The number of rotatable bonds is 4. The maximum absolute atomic E-state index is 12.4. The number of hydrogen-bond donors (Lipinski definition) is 1. The monoisotopic (exact) mass is 305 g/mol. The summed E-state index contributed by atoms with van der Waals surface area (Å²) in [5.41, 5.74) is 6.57. The van der Waals surface area contributed by atoms with Gasteiger partial charge in [-0.2, -0.15) is 0 Å². The zero-order valence-electron chi connectivity index (χ0n) is 12.0. The molecule has 1 saturated heterocycles. The highest BCUT2D eigenvalue weighted by Gasteiger charge is 2.31. The Morgan fingerprint density at radius 2 is 2.29 bits per heavy atom. The molecule has 0 aliphatic carbocycles. The molecule has 1 aliphatic heterocycles. The van der Waals surface area contributed by atoms with Gasteiger partial charge in [0.05, 0.1) is 22.9 Å². The molecule has 6 heteroatoms. The Balaban J connectivity index is 1.65. The number of nitrogens with zero attached hydrogens (tertiary/aromatic N) is 2. The van der Waals surface area contributed by atoms with Crippen molar-refractivity contribution in [2.24, 2.45) is 5.73 Å². The van der Waals surface area contributed by atoms with Crippen molar-refractivity contribution in [1.82, 2.24) is 9.88 Å². The van der Waals surface area contributed by atoms with Crippen LogP contribution in [0.4, 0.5) is 0 Å². The van der Waals surface area contributed by atoms with Gasteiger partial charge in [0.25, 0.3) is 5.91 Å². The van der Waals surface area contributed by atoms with Crippen LogP contribution in [-0.4, -0.2) is 41.6 Å². The molecule has 0 bridgehead atoms. The van der Waals surface area contributed by atoms with E-state index in [1.165, 1.54) is 0 Å². The van der Waals surface area contributed by atoms with E-state index < -0.39 is 0 Å². The number of benzene rings is 1. The summed E-state index contributed by atoms with van der Waals surface area (Å²) in [5, 5.41) is 0.945. The van der Waals surface area contributed by atoms with Gasteiger partial charge >= 0.3 is 0 Å². The summed E-state index contributed by atoms with van der Waals surface area (Å²) >= 11 is 1.62. The van der Waals surface area contributed by atoms with Gasteiger partial charge in [0, 0.05) is 13.6 Å². The number of aromatic nitrogens is 1. The molecule has 3 rings (SSSR count). The first-order chi connectivity index (χ1) is 10.2. The molecule has 1 aromatic heterocycles. The van der Waals surface area contributed by atoms with E-state index in [1.807, 2.05) is 24.3 Å². The average molecular weight is 305 g/mol. The van der Waals surface area contributed by atoms with E-state index in [4.69, 9.17) is 10.5 Å². The molecule has 1 amide bonds. The number of ether oxygens (including phenoxy) is 1. The molecule has 1 aliphatic rings. The van der Waals surface area contributed by atoms with Crippen LogP contribution < -0.4 is 5.73 Å². The molecule has 2 atom stereocenters. The predicted octanol–water partition coefficient (Wildman–Crippen LogP) is 1.76. The number of para-hydroxylation sites is 1. The first-order valence-electron chi connectivity index (χ1n) is 7.12. The molecule has 1 aromatic carbocycles. The average Bonchev–Trinajstić information content (AvgIpc) is 3.12. The van der Waals surface area contributed by atoms with Crippen molar-refractivity contribution in [3.05, 3.63) is 29.3 Å². The lowest BCUT2D eigenvalue weighted by Crippen LogP contribution is -2.36. The van der Waals surface area contributed by atoms with E-state index in [0.717, 1.165) is 28.1 Å².